The molecule has 2 aromatic rings. The molecular formula is C19H22N2O6S. The fourth-order valence-electron chi connectivity index (χ4n) is 2.70. The molecule has 1 amide bonds. The molecule has 0 spiro atoms. The number of ether oxygens (including phenoxy) is 3. The van der Waals surface area contributed by atoms with Crippen molar-refractivity contribution in [3.05, 3.63) is 48.0 Å². The summed E-state index contributed by atoms with van der Waals surface area (Å²) in [5, 5.41) is 2.75. The maximum Gasteiger partial charge on any atom is 0.240 e. The molecule has 1 heterocycles. The Balaban J connectivity index is 1.50. The minimum absolute atomic E-state index is 0.0128. The predicted molar refractivity (Wildman–Crippen MR) is 102 cm³/mol. The molecule has 9 heteroatoms. The Hall–Kier alpha value is -2.78. The average molecular weight is 406 g/mol. The van der Waals surface area contributed by atoms with E-state index in [0.29, 0.717) is 37.0 Å². The molecule has 0 unspecified atom stereocenters. The van der Waals surface area contributed by atoms with Crippen molar-refractivity contribution in [1.82, 2.24) is 10.0 Å². The summed E-state index contributed by atoms with van der Waals surface area (Å²) < 4.78 is 43.3. The molecular weight excluding hydrogens is 384 g/mol. The Morgan fingerprint density at radius 3 is 2.64 bits per heavy atom. The van der Waals surface area contributed by atoms with E-state index >= 15 is 0 Å². The van der Waals surface area contributed by atoms with Crippen LogP contribution in [0.1, 0.15) is 12.0 Å². The highest BCUT2D eigenvalue weighted by Crippen LogP contribution is 2.32. The zero-order valence-corrected chi connectivity index (χ0v) is 16.3. The first-order chi connectivity index (χ1) is 13.5. The monoisotopic (exact) mass is 406 g/mol. The largest absolute Gasteiger partial charge is 0.496 e. The van der Waals surface area contributed by atoms with Gasteiger partial charge in [-0.15, -0.1) is 0 Å². The first kappa shape index (κ1) is 20.0. The van der Waals surface area contributed by atoms with Gasteiger partial charge in [0.05, 0.1) is 12.0 Å². The van der Waals surface area contributed by atoms with Crippen molar-refractivity contribution in [2.75, 3.05) is 26.9 Å². The number of carbonyl (C=O) groups excluding carboxylic acids is 1. The molecule has 0 atom stereocenters. The molecule has 0 aromatic heterocycles. The Morgan fingerprint density at radius 2 is 1.86 bits per heavy atom. The molecule has 1 aliphatic heterocycles. The van der Waals surface area contributed by atoms with Crippen LogP contribution < -0.4 is 24.2 Å². The van der Waals surface area contributed by atoms with Gasteiger partial charge < -0.3 is 19.5 Å². The Kier molecular flexibility index (Phi) is 6.37. The van der Waals surface area contributed by atoms with Crippen molar-refractivity contribution in [1.29, 1.82) is 0 Å². The van der Waals surface area contributed by atoms with Gasteiger partial charge in [-0.1, -0.05) is 18.2 Å². The van der Waals surface area contributed by atoms with E-state index in [-0.39, 0.29) is 23.8 Å². The standard InChI is InChI=1S/C19H22N2O6S/c1-25-16-5-3-2-4-14(16)13-20-19(22)8-9-21-28(23,24)15-6-7-17-18(12-15)27-11-10-26-17/h2-7,12,21H,8-11,13H2,1H3,(H,20,22). The first-order valence-corrected chi connectivity index (χ1v) is 10.3. The van der Waals surface area contributed by atoms with Gasteiger partial charge in [0, 0.05) is 31.1 Å². The highest BCUT2D eigenvalue weighted by Gasteiger charge is 2.19. The molecule has 0 fully saturated rings. The molecule has 0 bridgehead atoms. The van der Waals surface area contributed by atoms with Crippen LogP contribution in [0.15, 0.2) is 47.4 Å². The summed E-state index contributed by atoms with van der Waals surface area (Å²) in [5.74, 6) is 1.32. The number of para-hydroxylation sites is 1. The van der Waals surface area contributed by atoms with E-state index in [2.05, 4.69) is 10.0 Å². The molecule has 28 heavy (non-hydrogen) atoms. The van der Waals surface area contributed by atoms with E-state index in [1.807, 2.05) is 24.3 Å². The van der Waals surface area contributed by atoms with Gasteiger partial charge in [0.1, 0.15) is 19.0 Å². The maximum absolute atomic E-state index is 12.4. The topological polar surface area (TPSA) is 103 Å². The fraction of sp³-hybridized carbons (Fsp3) is 0.316. The quantitative estimate of drug-likeness (QED) is 0.688. The van der Waals surface area contributed by atoms with Crippen LogP contribution in [0.4, 0.5) is 0 Å². The van der Waals surface area contributed by atoms with Gasteiger partial charge in [-0.05, 0) is 18.2 Å². The molecule has 8 nitrogen and oxygen atoms in total. The lowest BCUT2D eigenvalue weighted by molar-refractivity contribution is -0.121. The molecule has 150 valence electrons. The van der Waals surface area contributed by atoms with Gasteiger partial charge in [-0.2, -0.15) is 0 Å². The lowest BCUT2D eigenvalue weighted by Crippen LogP contribution is -2.30. The smallest absolute Gasteiger partial charge is 0.240 e. The van der Waals surface area contributed by atoms with Crippen molar-refractivity contribution in [3.63, 3.8) is 0 Å². The zero-order valence-electron chi connectivity index (χ0n) is 15.4. The number of fused-ring (bicyclic) bond motifs is 1. The second kappa shape index (κ2) is 8.94. The summed E-state index contributed by atoms with van der Waals surface area (Å²) in [6.07, 6.45) is 0.0128. The third-order valence-electron chi connectivity index (χ3n) is 4.14. The van der Waals surface area contributed by atoms with Gasteiger partial charge in [-0.3, -0.25) is 4.79 Å². The van der Waals surface area contributed by atoms with Gasteiger partial charge in [0.15, 0.2) is 11.5 Å². The van der Waals surface area contributed by atoms with Crippen LogP contribution in [0.2, 0.25) is 0 Å². The minimum atomic E-state index is -3.75. The average Bonchev–Trinajstić information content (AvgIpc) is 2.72. The SMILES string of the molecule is COc1ccccc1CNC(=O)CCNS(=O)(=O)c1ccc2c(c1)OCCO2. The van der Waals surface area contributed by atoms with Crippen LogP contribution in [0, 0.1) is 0 Å². The van der Waals surface area contributed by atoms with E-state index in [0.717, 1.165) is 5.56 Å². The van der Waals surface area contributed by atoms with Crippen LogP contribution >= 0.6 is 0 Å². The molecule has 2 N–H and O–H groups in total. The molecule has 3 rings (SSSR count). The number of hydrogen-bond acceptors (Lipinski definition) is 6. The third kappa shape index (κ3) is 4.93. The van der Waals surface area contributed by atoms with Gasteiger partial charge in [0.2, 0.25) is 15.9 Å². The van der Waals surface area contributed by atoms with E-state index < -0.39 is 10.0 Å². The number of hydrogen-bond donors (Lipinski definition) is 2. The Bertz CT molecular complexity index is 945. The number of nitrogens with one attached hydrogen (secondary N) is 2. The molecule has 0 aliphatic carbocycles. The zero-order chi connectivity index (χ0) is 20.0. The highest BCUT2D eigenvalue weighted by atomic mass is 32.2. The predicted octanol–water partition coefficient (Wildman–Crippen LogP) is 1.45. The number of carbonyl (C=O) groups is 1. The van der Waals surface area contributed by atoms with Crippen molar-refractivity contribution < 1.29 is 27.4 Å². The summed E-state index contributed by atoms with van der Waals surface area (Å²) in [6.45, 7) is 1.09. The van der Waals surface area contributed by atoms with Crippen LogP contribution in [-0.4, -0.2) is 41.2 Å². The van der Waals surface area contributed by atoms with Crippen LogP contribution in [0.3, 0.4) is 0 Å². The van der Waals surface area contributed by atoms with Crippen molar-refractivity contribution in [3.8, 4) is 17.2 Å². The lowest BCUT2D eigenvalue weighted by Gasteiger charge is -2.18. The maximum atomic E-state index is 12.4. The second-order valence-electron chi connectivity index (χ2n) is 6.04. The number of methoxy groups -OCH3 is 1. The summed E-state index contributed by atoms with van der Waals surface area (Å²) >= 11 is 0. The van der Waals surface area contributed by atoms with E-state index in [9.17, 15) is 13.2 Å². The fourth-order valence-corrected chi connectivity index (χ4v) is 3.75. The van der Waals surface area contributed by atoms with E-state index in [4.69, 9.17) is 14.2 Å². The van der Waals surface area contributed by atoms with Crippen LogP contribution in [-0.2, 0) is 21.4 Å². The second-order valence-corrected chi connectivity index (χ2v) is 7.81. The summed E-state index contributed by atoms with van der Waals surface area (Å²) in [5.41, 5.74) is 0.843. The number of benzene rings is 2. The lowest BCUT2D eigenvalue weighted by atomic mass is 10.2. The highest BCUT2D eigenvalue weighted by molar-refractivity contribution is 7.89. The summed E-state index contributed by atoms with van der Waals surface area (Å²) in [4.78, 5) is 12.1. The molecule has 0 saturated heterocycles. The molecule has 0 radical (unpaired) electrons. The van der Waals surface area contributed by atoms with E-state index in [1.54, 1.807) is 13.2 Å². The Morgan fingerprint density at radius 1 is 1.11 bits per heavy atom. The van der Waals surface area contributed by atoms with Crippen molar-refractivity contribution in [2.24, 2.45) is 0 Å². The van der Waals surface area contributed by atoms with Crippen molar-refractivity contribution in [2.45, 2.75) is 17.9 Å². The minimum Gasteiger partial charge on any atom is -0.496 e. The molecule has 2 aromatic carbocycles. The molecule has 1 aliphatic rings. The normalized spacial score (nSPS) is 13.0. The van der Waals surface area contributed by atoms with Crippen LogP contribution in [0.25, 0.3) is 0 Å². The molecule has 0 saturated carbocycles. The first-order valence-electron chi connectivity index (χ1n) is 8.77. The van der Waals surface area contributed by atoms with Gasteiger partial charge in [-0.25, -0.2) is 13.1 Å². The van der Waals surface area contributed by atoms with Crippen molar-refractivity contribution >= 4 is 15.9 Å². The summed E-state index contributed by atoms with van der Waals surface area (Å²) in [6, 6.07) is 11.8. The number of rotatable bonds is 8. The number of amides is 1. The third-order valence-corrected chi connectivity index (χ3v) is 5.60. The van der Waals surface area contributed by atoms with Gasteiger partial charge >= 0.3 is 0 Å². The van der Waals surface area contributed by atoms with Crippen LogP contribution in [0.5, 0.6) is 17.2 Å². The van der Waals surface area contributed by atoms with Gasteiger partial charge in [0.25, 0.3) is 0 Å². The number of sulfonamides is 1. The Labute approximate surface area is 163 Å². The summed E-state index contributed by atoms with van der Waals surface area (Å²) in [7, 11) is -2.19. The van der Waals surface area contributed by atoms with E-state index in [1.165, 1.54) is 12.1 Å².